The Morgan fingerprint density at radius 3 is 2.22 bits per heavy atom. The number of sulfonamides is 1. The van der Waals surface area contributed by atoms with Crippen LogP contribution in [0.5, 0.6) is 0 Å². The summed E-state index contributed by atoms with van der Waals surface area (Å²) in [6.07, 6.45) is 1.73. The second-order valence-corrected chi connectivity index (χ2v) is 11.1. The Morgan fingerprint density at radius 1 is 1.03 bits per heavy atom. The fourth-order valence-electron chi connectivity index (χ4n) is 3.45. The zero-order chi connectivity index (χ0) is 27.2. The van der Waals surface area contributed by atoms with Gasteiger partial charge in [0.1, 0.15) is 12.6 Å². The van der Waals surface area contributed by atoms with Crippen LogP contribution in [0.15, 0.2) is 36.4 Å². The van der Waals surface area contributed by atoms with Gasteiger partial charge in [-0.2, -0.15) is 0 Å². The lowest BCUT2D eigenvalue weighted by atomic mass is 10.1. The lowest BCUT2D eigenvalue weighted by molar-refractivity contribution is -0.140. The molecule has 0 heterocycles. The number of nitrogens with one attached hydrogen (secondary N) is 1. The van der Waals surface area contributed by atoms with Crippen molar-refractivity contribution in [2.45, 2.75) is 52.2 Å². The van der Waals surface area contributed by atoms with E-state index in [1.54, 1.807) is 19.1 Å². The van der Waals surface area contributed by atoms with E-state index in [9.17, 15) is 26.8 Å². The molecular weight excluding hydrogens is 535 g/mol. The van der Waals surface area contributed by atoms with Gasteiger partial charge in [-0.15, -0.1) is 0 Å². The van der Waals surface area contributed by atoms with Crippen LogP contribution in [-0.2, 0) is 26.2 Å². The molecule has 0 aliphatic heterocycles. The summed E-state index contributed by atoms with van der Waals surface area (Å²) in [5.41, 5.74) is 0.259. The highest BCUT2D eigenvalue weighted by atomic mass is 35.5. The predicted octanol–water partition coefficient (Wildman–Crippen LogP) is 4.76. The summed E-state index contributed by atoms with van der Waals surface area (Å²) in [5, 5.41) is 3.49. The van der Waals surface area contributed by atoms with Crippen molar-refractivity contribution in [2.24, 2.45) is 0 Å². The molecule has 0 aliphatic rings. The van der Waals surface area contributed by atoms with Crippen LogP contribution in [0, 0.1) is 11.6 Å². The second kappa shape index (κ2) is 12.7. The first-order valence-electron chi connectivity index (χ1n) is 11.2. The van der Waals surface area contributed by atoms with Gasteiger partial charge in [0.25, 0.3) is 0 Å². The summed E-state index contributed by atoms with van der Waals surface area (Å²) in [6.45, 7) is 4.57. The summed E-state index contributed by atoms with van der Waals surface area (Å²) >= 11 is 12.3. The number of hydrogen-bond donors (Lipinski definition) is 1. The normalized spacial score (nSPS) is 13.1. The molecule has 0 spiro atoms. The first-order valence-corrected chi connectivity index (χ1v) is 13.8. The molecule has 1 N–H and O–H groups in total. The van der Waals surface area contributed by atoms with E-state index in [4.69, 9.17) is 23.2 Å². The second-order valence-electron chi connectivity index (χ2n) is 8.37. The van der Waals surface area contributed by atoms with Gasteiger partial charge in [0.2, 0.25) is 21.8 Å². The van der Waals surface area contributed by atoms with Gasteiger partial charge < -0.3 is 10.2 Å². The van der Waals surface area contributed by atoms with E-state index in [1.165, 1.54) is 11.0 Å². The van der Waals surface area contributed by atoms with E-state index in [0.29, 0.717) is 27.4 Å². The molecule has 0 aromatic heterocycles. The van der Waals surface area contributed by atoms with Gasteiger partial charge in [0.05, 0.1) is 11.9 Å². The average Bonchev–Trinajstić information content (AvgIpc) is 2.79. The summed E-state index contributed by atoms with van der Waals surface area (Å²) in [7, 11) is -4.09. The number of halogens is 4. The molecule has 2 aromatic carbocycles. The van der Waals surface area contributed by atoms with Crippen LogP contribution < -0.4 is 9.62 Å². The zero-order valence-corrected chi connectivity index (χ0v) is 22.7. The molecule has 7 nitrogen and oxygen atoms in total. The molecule has 2 unspecified atom stereocenters. The molecule has 12 heteroatoms. The van der Waals surface area contributed by atoms with Gasteiger partial charge in [-0.3, -0.25) is 13.9 Å². The Balaban J connectivity index is 2.50. The summed E-state index contributed by atoms with van der Waals surface area (Å²) in [5.74, 6) is -3.57. The number of rotatable bonds is 11. The number of carbonyl (C=O) groups is 2. The van der Waals surface area contributed by atoms with Crippen molar-refractivity contribution in [3.63, 3.8) is 0 Å². The molecule has 0 aliphatic carbocycles. The maximum Gasteiger partial charge on any atom is 0.244 e. The predicted molar refractivity (Wildman–Crippen MR) is 138 cm³/mol. The van der Waals surface area contributed by atoms with Crippen LogP contribution in [0.1, 0.15) is 39.2 Å². The Labute approximate surface area is 220 Å². The first-order chi connectivity index (χ1) is 16.8. The lowest BCUT2D eigenvalue weighted by Gasteiger charge is -2.33. The van der Waals surface area contributed by atoms with E-state index in [1.807, 2.05) is 13.8 Å². The van der Waals surface area contributed by atoms with Crippen molar-refractivity contribution in [1.82, 2.24) is 10.2 Å². The standard InChI is InChI=1S/C24H29Cl2F2N3O4S/c1-5-15(3)29-24(33)22(6-2)30(13-16-7-8-17(25)11-19(16)26)23(32)14-31(36(4,34)35)18-9-10-20(27)21(28)12-18/h7-12,15,22H,5-6,13-14H2,1-4H3,(H,29,33). The average molecular weight is 564 g/mol. The highest BCUT2D eigenvalue weighted by Gasteiger charge is 2.32. The first kappa shape index (κ1) is 29.8. The van der Waals surface area contributed by atoms with E-state index in [2.05, 4.69) is 5.32 Å². The number of nitrogens with zero attached hydrogens (tertiary/aromatic N) is 2. The Hall–Kier alpha value is -2.43. The van der Waals surface area contributed by atoms with Crippen molar-refractivity contribution in [3.05, 3.63) is 63.6 Å². The third-order valence-corrected chi connectivity index (χ3v) is 7.34. The quantitative estimate of drug-likeness (QED) is 0.427. The SMILES string of the molecule is CCC(C)NC(=O)C(CC)N(Cc1ccc(Cl)cc1Cl)C(=O)CN(c1ccc(F)c(F)c1)S(C)(=O)=O. The minimum absolute atomic E-state index is 0.114. The molecule has 0 saturated carbocycles. The van der Waals surface area contributed by atoms with Crippen molar-refractivity contribution < 1.29 is 26.8 Å². The van der Waals surface area contributed by atoms with Crippen LogP contribution in [0.25, 0.3) is 0 Å². The molecule has 36 heavy (non-hydrogen) atoms. The van der Waals surface area contributed by atoms with Crippen molar-refractivity contribution in [3.8, 4) is 0 Å². The topological polar surface area (TPSA) is 86.8 Å². The molecule has 0 saturated heterocycles. The fourth-order valence-corrected chi connectivity index (χ4v) is 4.76. The monoisotopic (exact) mass is 563 g/mol. The van der Waals surface area contributed by atoms with E-state index >= 15 is 0 Å². The van der Waals surface area contributed by atoms with Gasteiger partial charge in [-0.05, 0) is 49.6 Å². The van der Waals surface area contributed by atoms with Gasteiger partial charge in [-0.25, -0.2) is 17.2 Å². The Kier molecular flexibility index (Phi) is 10.5. The summed E-state index contributed by atoms with van der Waals surface area (Å²) in [4.78, 5) is 27.9. The van der Waals surface area contributed by atoms with Gasteiger partial charge >= 0.3 is 0 Å². The highest BCUT2D eigenvalue weighted by Crippen LogP contribution is 2.25. The van der Waals surface area contributed by atoms with Crippen LogP contribution in [-0.4, -0.2) is 50.0 Å². The molecule has 2 amide bonds. The number of amides is 2. The molecule has 0 fully saturated rings. The number of anilines is 1. The minimum atomic E-state index is -4.09. The van der Waals surface area contributed by atoms with E-state index < -0.39 is 46.1 Å². The van der Waals surface area contributed by atoms with Crippen LogP contribution in [0.4, 0.5) is 14.5 Å². The van der Waals surface area contributed by atoms with Gasteiger partial charge in [-0.1, -0.05) is 43.1 Å². The van der Waals surface area contributed by atoms with Crippen LogP contribution >= 0.6 is 23.2 Å². The van der Waals surface area contributed by atoms with Crippen molar-refractivity contribution in [1.29, 1.82) is 0 Å². The summed E-state index contributed by atoms with van der Waals surface area (Å²) < 4.78 is 53.0. The van der Waals surface area contributed by atoms with Crippen LogP contribution in [0.3, 0.4) is 0 Å². The fraction of sp³-hybridized carbons (Fsp3) is 0.417. The summed E-state index contributed by atoms with van der Waals surface area (Å²) in [6, 6.07) is 6.08. The largest absolute Gasteiger partial charge is 0.352 e. The molecule has 0 bridgehead atoms. The maximum absolute atomic E-state index is 13.9. The van der Waals surface area contributed by atoms with Crippen molar-refractivity contribution >= 4 is 50.7 Å². The molecular formula is C24H29Cl2F2N3O4S. The number of carbonyl (C=O) groups excluding carboxylic acids is 2. The number of hydrogen-bond acceptors (Lipinski definition) is 4. The Bertz CT molecular complexity index is 1210. The smallest absolute Gasteiger partial charge is 0.244 e. The van der Waals surface area contributed by atoms with E-state index in [-0.39, 0.29) is 29.7 Å². The highest BCUT2D eigenvalue weighted by molar-refractivity contribution is 7.92. The maximum atomic E-state index is 13.9. The third-order valence-electron chi connectivity index (χ3n) is 5.61. The van der Waals surface area contributed by atoms with E-state index in [0.717, 1.165) is 18.4 Å². The molecule has 2 rings (SSSR count). The van der Waals surface area contributed by atoms with Gasteiger partial charge in [0, 0.05) is 28.7 Å². The lowest BCUT2D eigenvalue weighted by Crippen LogP contribution is -2.53. The van der Waals surface area contributed by atoms with Gasteiger partial charge in [0.15, 0.2) is 11.6 Å². The third kappa shape index (κ3) is 7.78. The van der Waals surface area contributed by atoms with Crippen LogP contribution in [0.2, 0.25) is 10.0 Å². The molecule has 0 radical (unpaired) electrons. The molecule has 2 atom stereocenters. The zero-order valence-electron chi connectivity index (χ0n) is 20.4. The Morgan fingerprint density at radius 2 is 1.69 bits per heavy atom. The number of benzene rings is 2. The molecule has 2 aromatic rings. The minimum Gasteiger partial charge on any atom is -0.352 e. The van der Waals surface area contributed by atoms with Crippen molar-refractivity contribution in [2.75, 3.05) is 17.1 Å². The molecule has 198 valence electrons.